The fourth-order valence-electron chi connectivity index (χ4n) is 6.92. The monoisotopic (exact) mass is 745 g/mol. The van der Waals surface area contributed by atoms with Gasteiger partial charge in [0.25, 0.3) is 10.2 Å². The first-order valence-corrected chi connectivity index (χ1v) is 19.8. The molecule has 0 unspecified atom stereocenters. The molecule has 0 spiro atoms. The number of aromatic nitrogens is 3. The Balaban J connectivity index is 1.07. The molecule has 4 aromatic rings. The Bertz CT molecular complexity index is 1990. The number of hydrogen-bond acceptors (Lipinski definition) is 9. The predicted octanol–water partition coefficient (Wildman–Crippen LogP) is 5.65. The maximum absolute atomic E-state index is 13.0. The van der Waals surface area contributed by atoms with Crippen LogP contribution in [0.5, 0.6) is 0 Å². The molecule has 0 amide bonds. The zero-order valence-electron chi connectivity index (χ0n) is 29.5. The molecule has 1 saturated carbocycles. The lowest BCUT2D eigenvalue weighted by Crippen LogP contribution is -2.45. The van der Waals surface area contributed by atoms with Crippen LogP contribution in [0.25, 0.3) is 21.1 Å². The van der Waals surface area contributed by atoms with E-state index in [-0.39, 0.29) is 23.0 Å². The quantitative estimate of drug-likeness (QED) is 0.160. The van der Waals surface area contributed by atoms with Crippen molar-refractivity contribution in [2.75, 3.05) is 45.1 Å². The molecule has 2 N–H and O–H groups in total. The van der Waals surface area contributed by atoms with Crippen molar-refractivity contribution in [1.29, 1.82) is 5.26 Å². The van der Waals surface area contributed by atoms with Crippen molar-refractivity contribution >= 4 is 48.5 Å². The van der Waals surface area contributed by atoms with Crippen LogP contribution in [0.1, 0.15) is 61.2 Å². The number of nitrogens with zero attached hydrogens (tertiary/aromatic N) is 7. The van der Waals surface area contributed by atoms with Crippen LogP contribution in [0.3, 0.4) is 0 Å². The lowest BCUT2D eigenvalue weighted by Gasteiger charge is -2.33. The molecular formula is C35H46F3N9O2S2. The molecule has 1 aromatic carbocycles. The highest BCUT2D eigenvalue weighted by Gasteiger charge is 2.31. The van der Waals surface area contributed by atoms with E-state index >= 15 is 0 Å². The van der Waals surface area contributed by atoms with E-state index in [0.29, 0.717) is 41.4 Å². The molecule has 4 heterocycles. The molecule has 11 nitrogen and oxygen atoms in total. The Morgan fingerprint density at radius 3 is 2.51 bits per heavy atom. The van der Waals surface area contributed by atoms with Gasteiger partial charge < -0.3 is 9.88 Å². The van der Waals surface area contributed by atoms with Crippen molar-refractivity contribution in [2.24, 2.45) is 0 Å². The maximum Gasteiger partial charge on any atom is 0.393 e. The number of alkyl halides is 3. The summed E-state index contributed by atoms with van der Waals surface area (Å²) in [5.41, 5.74) is 3.96. The maximum atomic E-state index is 13.0. The zero-order chi connectivity index (χ0) is 36.5. The number of fused-ring (bicyclic) bond motifs is 2. The number of nitriles is 1. The lowest BCUT2D eigenvalue weighted by molar-refractivity contribution is -0.126. The minimum absolute atomic E-state index is 0.0631. The van der Waals surface area contributed by atoms with Crippen LogP contribution < -0.4 is 10.0 Å². The standard InChI is InChI=1S/C35H46F3N9O2S2/c1-5-46(15-14-44(4)51(48,49)43-27-7-8-27)23(2)20-47-28(19-39)16-30-24(3)25(6-9-32(30)47)21-45-12-10-26(11-13-45)42-33-31-17-29(18-35(36,37)38)50-34(31)41-22-40-33/h6,9,16-17,22-23,26-27,43H,5,7-8,10-15,18,20-21H2,1-4H3,(H,40,41,42)/t23-/m0/s1. The second-order valence-electron chi connectivity index (χ2n) is 13.9. The van der Waals surface area contributed by atoms with E-state index in [4.69, 9.17) is 0 Å². The first-order chi connectivity index (χ1) is 24.2. The van der Waals surface area contributed by atoms with Gasteiger partial charge in [0.05, 0.1) is 11.8 Å². The summed E-state index contributed by atoms with van der Waals surface area (Å²) in [6, 6.07) is 10.5. The van der Waals surface area contributed by atoms with Crippen LogP contribution in [-0.2, 0) is 29.7 Å². The van der Waals surface area contributed by atoms with Crippen molar-refractivity contribution < 1.29 is 21.6 Å². The van der Waals surface area contributed by atoms with Crippen LogP contribution >= 0.6 is 11.3 Å². The van der Waals surface area contributed by atoms with Gasteiger partial charge in [0, 0.05) is 80.2 Å². The van der Waals surface area contributed by atoms with Gasteiger partial charge in [-0.3, -0.25) is 9.80 Å². The van der Waals surface area contributed by atoms with E-state index in [1.165, 1.54) is 16.2 Å². The summed E-state index contributed by atoms with van der Waals surface area (Å²) >= 11 is 1.06. The Morgan fingerprint density at radius 1 is 1.10 bits per heavy atom. The summed E-state index contributed by atoms with van der Waals surface area (Å²) < 4.78 is 70.3. The molecule has 51 heavy (non-hydrogen) atoms. The third-order valence-electron chi connectivity index (χ3n) is 10.1. The molecule has 0 bridgehead atoms. The molecule has 1 saturated heterocycles. The first-order valence-electron chi connectivity index (χ1n) is 17.5. The summed E-state index contributed by atoms with van der Waals surface area (Å²) in [6.07, 6.45) is -0.317. The SMILES string of the molecule is CCN(CCN(C)S(=O)(=O)NC1CC1)[C@@H](C)Cn1c(C#N)cc2c(C)c(CN3CCC(Nc4ncnc5sc(CC(F)(F)F)cc45)CC3)ccc21. The number of thiophene rings is 1. The third-order valence-corrected chi connectivity index (χ3v) is 12.8. The second-order valence-corrected chi connectivity index (χ2v) is 16.8. The van der Waals surface area contributed by atoms with Gasteiger partial charge in [0.2, 0.25) is 0 Å². The Labute approximate surface area is 301 Å². The summed E-state index contributed by atoms with van der Waals surface area (Å²) in [5, 5.41) is 15.3. The molecule has 3 aromatic heterocycles. The highest BCUT2D eigenvalue weighted by atomic mass is 32.2. The van der Waals surface area contributed by atoms with E-state index in [9.17, 15) is 26.9 Å². The molecule has 16 heteroatoms. The zero-order valence-corrected chi connectivity index (χ0v) is 31.1. The van der Waals surface area contributed by atoms with Crippen LogP contribution in [0.2, 0.25) is 0 Å². The minimum atomic E-state index is -4.27. The van der Waals surface area contributed by atoms with Crippen molar-refractivity contribution in [2.45, 2.75) is 90.3 Å². The number of anilines is 1. The molecule has 0 radical (unpaired) electrons. The van der Waals surface area contributed by atoms with E-state index < -0.39 is 22.8 Å². The van der Waals surface area contributed by atoms with E-state index in [0.717, 1.165) is 79.7 Å². The van der Waals surface area contributed by atoms with Crippen LogP contribution in [0.4, 0.5) is 19.0 Å². The normalized spacial score (nSPS) is 17.2. The molecule has 1 atom stereocenters. The first kappa shape index (κ1) is 37.4. The number of hydrogen-bond donors (Lipinski definition) is 2. The number of benzene rings is 1. The summed E-state index contributed by atoms with van der Waals surface area (Å²) in [7, 11) is -1.88. The van der Waals surface area contributed by atoms with Crippen LogP contribution in [0.15, 0.2) is 30.6 Å². The number of rotatable bonds is 15. The van der Waals surface area contributed by atoms with Crippen molar-refractivity contribution in [1.82, 2.24) is 33.4 Å². The van der Waals surface area contributed by atoms with E-state index in [2.05, 4.69) is 73.3 Å². The molecule has 276 valence electrons. The fraction of sp³-hybridized carbons (Fsp3) is 0.571. The fourth-order valence-corrected chi connectivity index (χ4v) is 9.10. The van der Waals surface area contributed by atoms with Gasteiger partial charge in [0.15, 0.2) is 0 Å². The second kappa shape index (κ2) is 15.3. The summed E-state index contributed by atoms with van der Waals surface area (Å²) in [4.78, 5) is 14.0. The highest BCUT2D eigenvalue weighted by molar-refractivity contribution is 7.87. The van der Waals surface area contributed by atoms with Crippen molar-refractivity contribution in [3.8, 4) is 6.07 Å². The average Bonchev–Trinajstić information content (AvgIpc) is 3.67. The van der Waals surface area contributed by atoms with Crippen LogP contribution in [-0.4, -0.2) is 101 Å². The molecular weight excluding hydrogens is 700 g/mol. The van der Waals surface area contributed by atoms with Gasteiger partial charge in [-0.25, -0.2) is 9.97 Å². The number of aryl methyl sites for hydroxylation is 1. The van der Waals surface area contributed by atoms with Gasteiger partial charge in [-0.05, 0) is 75.4 Å². The number of likely N-dealkylation sites (tertiary alicyclic amines) is 1. The molecule has 2 fully saturated rings. The van der Waals surface area contributed by atoms with Gasteiger partial charge in [-0.15, -0.1) is 11.3 Å². The van der Waals surface area contributed by atoms with Gasteiger partial charge >= 0.3 is 6.18 Å². The van der Waals surface area contributed by atoms with Crippen molar-refractivity contribution in [3.63, 3.8) is 0 Å². The van der Waals surface area contributed by atoms with Gasteiger partial charge in [0.1, 0.15) is 28.7 Å². The molecule has 2 aliphatic rings. The number of nitrogens with one attached hydrogen (secondary N) is 2. The Kier molecular flexibility index (Phi) is 11.3. The summed E-state index contributed by atoms with van der Waals surface area (Å²) in [5.74, 6) is 0.583. The Morgan fingerprint density at radius 2 is 1.84 bits per heavy atom. The molecule has 6 rings (SSSR count). The minimum Gasteiger partial charge on any atom is -0.367 e. The lowest BCUT2D eigenvalue weighted by atomic mass is 10.0. The number of halogens is 3. The molecule has 1 aliphatic heterocycles. The smallest absolute Gasteiger partial charge is 0.367 e. The average molecular weight is 746 g/mol. The van der Waals surface area contributed by atoms with Gasteiger partial charge in [-0.2, -0.15) is 35.9 Å². The topological polar surface area (TPSA) is 122 Å². The molecule has 1 aliphatic carbocycles. The third kappa shape index (κ3) is 9.01. The number of likely N-dealkylation sites (N-methyl/N-ethyl adjacent to an activating group) is 2. The number of piperidine rings is 1. The van der Waals surface area contributed by atoms with Gasteiger partial charge in [-0.1, -0.05) is 13.0 Å². The summed E-state index contributed by atoms with van der Waals surface area (Å²) in [6.45, 7) is 11.1. The van der Waals surface area contributed by atoms with E-state index in [1.54, 1.807) is 13.1 Å². The highest BCUT2D eigenvalue weighted by Crippen LogP contribution is 2.34. The van der Waals surface area contributed by atoms with Crippen LogP contribution in [0, 0.1) is 18.3 Å². The largest absolute Gasteiger partial charge is 0.393 e. The van der Waals surface area contributed by atoms with E-state index in [1.807, 2.05) is 6.07 Å². The Hall–Kier alpha value is -3.33. The van der Waals surface area contributed by atoms with Crippen molar-refractivity contribution in [3.05, 3.63) is 52.3 Å². The predicted molar refractivity (Wildman–Crippen MR) is 195 cm³/mol.